The summed E-state index contributed by atoms with van der Waals surface area (Å²) in [6, 6.07) is 11.5. The lowest BCUT2D eigenvalue weighted by atomic mass is 10.1. The summed E-state index contributed by atoms with van der Waals surface area (Å²) in [5.41, 5.74) is 2.98. The maximum Gasteiger partial charge on any atom is 0.343 e. The van der Waals surface area contributed by atoms with Gasteiger partial charge in [0.15, 0.2) is 5.82 Å². The van der Waals surface area contributed by atoms with Gasteiger partial charge in [-0.3, -0.25) is 0 Å². The molecule has 0 saturated carbocycles. The van der Waals surface area contributed by atoms with Crippen molar-refractivity contribution in [1.29, 1.82) is 0 Å². The van der Waals surface area contributed by atoms with Gasteiger partial charge in [-0.2, -0.15) is 0 Å². The predicted octanol–water partition coefficient (Wildman–Crippen LogP) is 7.36. The molecule has 0 aliphatic heterocycles. The van der Waals surface area contributed by atoms with Crippen molar-refractivity contribution in [3.63, 3.8) is 0 Å². The molecule has 33 heavy (non-hydrogen) atoms. The monoisotopic (exact) mass is 448 g/mol. The summed E-state index contributed by atoms with van der Waals surface area (Å²) >= 11 is 0. The average molecular weight is 449 g/mol. The quantitative estimate of drug-likeness (QED) is 0.165. The lowest BCUT2D eigenvalue weighted by molar-refractivity contribution is 0.0734. The van der Waals surface area contributed by atoms with Crippen molar-refractivity contribution in [2.75, 3.05) is 0 Å². The first kappa shape index (κ1) is 24.6. The van der Waals surface area contributed by atoms with Crippen LogP contribution in [0.3, 0.4) is 0 Å². The zero-order chi connectivity index (χ0) is 23.5. The van der Waals surface area contributed by atoms with Crippen LogP contribution in [0.5, 0.6) is 5.75 Å². The number of rotatable bonds is 12. The SMILES string of the molecule is CCCCCCCCc1cnc(-c2ccc(C(=O)Oc3ccc(CCC)c(F)c3)cc2)nc1. The van der Waals surface area contributed by atoms with Crippen LogP contribution in [0.2, 0.25) is 0 Å². The van der Waals surface area contributed by atoms with Crippen LogP contribution in [-0.2, 0) is 12.8 Å². The molecule has 3 rings (SSSR count). The number of aryl methyl sites for hydroxylation is 2. The minimum absolute atomic E-state index is 0.200. The van der Waals surface area contributed by atoms with E-state index in [1.807, 2.05) is 19.3 Å². The van der Waals surface area contributed by atoms with Gasteiger partial charge in [-0.1, -0.05) is 70.6 Å². The van der Waals surface area contributed by atoms with Crippen molar-refractivity contribution in [3.05, 3.63) is 77.4 Å². The Morgan fingerprint density at radius 1 is 0.848 bits per heavy atom. The standard InChI is InChI=1S/C28H33FN2O2/c1-3-5-6-7-8-9-11-21-19-30-27(31-20-21)23-12-14-24(15-13-23)28(32)33-25-17-16-22(10-4-2)26(29)18-25/h12-20H,3-11H2,1-2H3. The van der Waals surface area contributed by atoms with Crippen molar-refractivity contribution < 1.29 is 13.9 Å². The van der Waals surface area contributed by atoms with E-state index in [9.17, 15) is 9.18 Å². The molecule has 0 saturated heterocycles. The van der Waals surface area contributed by atoms with E-state index in [0.717, 1.165) is 30.4 Å². The number of aromatic nitrogens is 2. The Kier molecular flexibility index (Phi) is 9.55. The molecule has 2 aromatic carbocycles. The lowest BCUT2D eigenvalue weighted by Crippen LogP contribution is -2.08. The van der Waals surface area contributed by atoms with Crippen LogP contribution >= 0.6 is 0 Å². The summed E-state index contributed by atoms with van der Waals surface area (Å²) in [5.74, 6) is -0.0603. The number of hydrogen-bond acceptors (Lipinski definition) is 4. The van der Waals surface area contributed by atoms with Crippen molar-refractivity contribution in [2.45, 2.75) is 71.6 Å². The Morgan fingerprint density at radius 2 is 1.55 bits per heavy atom. The number of benzene rings is 2. The maximum atomic E-state index is 14.1. The molecule has 0 spiro atoms. The molecule has 3 aromatic rings. The van der Waals surface area contributed by atoms with E-state index in [4.69, 9.17) is 4.74 Å². The highest BCUT2D eigenvalue weighted by atomic mass is 19.1. The summed E-state index contributed by atoms with van der Waals surface area (Å²) in [7, 11) is 0. The van der Waals surface area contributed by atoms with Crippen molar-refractivity contribution in [2.24, 2.45) is 0 Å². The van der Waals surface area contributed by atoms with Gasteiger partial charge in [0.25, 0.3) is 0 Å². The van der Waals surface area contributed by atoms with E-state index in [1.54, 1.807) is 36.4 Å². The van der Waals surface area contributed by atoms with Gasteiger partial charge in [0.1, 0.15) is 11.6 Å². The Bertz CT molecular complexity index is 1020. The van der Waals surface area contributed by atoms with Gasteiger partial charge < -0.3 is 4.74 Å². The maximum absolute atomic E-state index is 14.1. The first-order valence-corrected chi connectivity index (χ1v) is 12.0. The van der Waals surface area contributed by atoms with Crippen molar-refractivity contribution in [3.8, 4) is 17.1 Å². The van der Waals surface area contributed by atoms with Gasteiger partial charge in [0.05, 0.1) is 5.56 Å². The lowest BCUT2D eigenvalue weighted by Gasteiger charge is -2.08. The zero-order valence-electron chi connectivity index (χ0n) is 19.6. The van der Waals surface area contributed by atoms with Crippen LogP contribution in [0.25, 0.3) is 11.4 Å². The number of carbonyl (C=O) groups is 1. The molecule has 0 aliphatic carbocycles. The Hall–Kier alpha value is -3.08. The smallest absolute Gasteiger partial charge is 0.343 e. The fourth-order valence-corrected chi connectivity index (χ4v) is 3.73. The summed E-state index contributed by atoms with van der Waals surface area (Å²) < 4.78 is 19.4. The van der Waals surface area contributed by atoms with Crippen LogP contribution in [0.15, 0.2) is 54.9 Å². The molecule has 0 bridgehead atoms. The highest BCUT2D eigenvalue weighted by molar-refractivity contribution is 5.91. The summed E-state index contributed by atoms with van der Waals surface area (Å²) in [6.45, 7) is 4.22. The molecule has 0 atom stereocenters. The van der Waals surface area contributed by atoms with Gasteiger partial charge in [0.2, 0.25) is 0 Å². The molecule has 0 radical (unpaired) electrons. The van der Waals surface area contributed by atoms with Crippen LogP contribution in [-0.4, -0.2) is 15.9 Å². The van der Waals surface area contributed by atoms with E-state index in [-0.39, 0.29) is 11.6 Å². The molecule has 0 unspecified atom stereocenters. The van der Waals surface area contributed by atoms with Crippen LogP contribution in [0.4, 0.5) is 4.39 Å². The summed E-state index contributed by atoms with van der Waals surface area (Å²) in [6.07, 6.45) is 13.9. The average Bonchev–Trinajstić information content (AvgIpc) is 2.83. The third-order valence-electron chi connectivity index (χ3n) is 5.66. The summed E-state index contributed by atoms with van der Waals surface area (Å²) in [5, 5.41) is 0. The molecule has 4 nitrogen and oxygen atoms in total. The molecular formula is C28H33FN2O2. The number of ether oxygens (including phenoxy) is 1. The van der Waals surface area contributed by atoms with Gasteiger partial charge >= 0.3 is 5.97 Å². The fraction of sp³-hybridized carbons (Fsp3) is 0.393. The third kappa shape index (κ3) is 7.48. The minimum Gasteiger partial charge on any atom is -0.423 e. The number of hydrogen-bond donors (Lipinski definition) is 0. The van der Waals surface area contributed by atoms with Gasteiger partial charge in [-0.05, 0) is 48.6 Å². The molecule has 0 fully saturated rings. The Balaban J connectivity index is 1.54. The highest BCUT2D eigenvalue weighted by Gasteiger charge is 2.12. The van der Waals surface area contributed by atoms with E-state index >= 15 is 0 Å². The van der Waals surface area contributed by atoms with Crippen LogP contribution in [0, 0.1) is 5.82 Å². The van der Waals surface area contributed by atoms with Crippen molar-refractivity contribution in [1.82, 2.24) is 9.97 Å². The predicted molar refractivity (Wildman–Crippen MR) is 130 cm³/mol. The minimum atomic E-state index is -0.528. The van der Waals surface area contributed by atoms with Crippen LogP contribution in [0.1, 0.15) is 80.3 Å². The second kappa shape index (κ2) is 12.8. The second-order valence-corrected chi connectivity index (χ2v) is 8.40. The second-order valence-electron chi connectivity index (χ2n) is 8.40. The molecule has 0 aliphatic rings. The van der Waals surface area contributed by atoms with E-state index < -0.39 is 5.97 Å². The Labute approximate surface area is 196 Å². The molecule has 1 aromatic heterocycles. The molecule has 174 valence electrons. The molecule has 0 amide bonds. The van der Waals surface area contributed by atoms with Crippen molar-refractivity contribution >= 4 is 5.97 Å². The van der Waals surface area contributed by atoms with E-state index in [1.165, 1.54) is 38.2 Å². The number of nitrogens with zero attached hydrogens (tertiary/aromatic N) is 2. The fourth-order valence-electron chi connectivity index (χ4n) is 3.73. The van der Waals surface area contributed by atoms with Gasteiger partial charge in [-0.25, -0.2) is 19.2 Å². The van der Waals surface area contributed by atoms with Gasteiger partial charge in [-0.15, -0.1) is 0 Å². The number of carbonyl (C=O) groups excluding carboxylic acids is 1. The van der Waals surface area contributed by atoms with Crippen LogP contribution < -0.4 is 4.74 Å². The highest BCUT2D eigenvalue weighted by Crippen LogP contribution is 2.21. The summed E-state index contributed by atoms with van der Waals surface area (Å²) in [4.78, 5) is 21.4. The number of halogens is 1. The number of unbranched alkanes of at least 4 members (excludes halogenated alkanes) is 5. The third-order valence-corrected chi connectivity index (χ3v) is 5.66. The topological polar surface area (TPSA) is 52.1 Å². The molecule has 5 heteroatoms. The molecule has 1 heterocycles. The molecular weight excluding hydrogens is 415 g/mol. The van der Waals surface area contributed by atoms with Gasteiger partial charge in [0, 0.05) is 24.0 Å². The first-order valence-electron chi connectivity index (χ1n) is 12.0. The zero-order valence-corrected chi connectivity index (χ0v) is 19.6. The van der Waals surface area contributed by atoms with E-state index in [0.29, 0.717) is 23.4 Å². The van der Waals surface area contributed by atoms with E-state index in [2.05, 4.69) is 16.9 Å². The molecule has 0 N–H and O–H groups in total. The normalized spacial score (nSPS) is 10.9. The first-order chi connectivity index (χ1) is 16.1. The Morgan fingerprint density at radius 3 is 2.21 bits per heavy atom. The number of esters is 1. The largest absolute Gasteiger partial charge is 0.423 e.